The number of methoxy groups -OCH3 is 1. The van der Waals surface area contributed by atoms with Crippen LogP contribution in [0.15, 0.2) is 72.8 Å². The number of nitrogens with zero attached hydrogens (tertiary/aromatic N) is 1. The molecule has 1 fully saturated rings. The zero-order valence-electron chi connectivity index (χ0n) is 16.8. The van der Waals surface area contributed by atoms with Gasteiger partial charge in [0.15, 0.2) is 0 Å². The van der Waals surface area contributed by atoms with Crippen LogP contribution in [0.25, 0.3) is 0 Å². The van der Waals surface area contributed by atoms with Gasteiger partial charge < -0.3 is 4.74 Å². The second kappa shape index (κ2) is 5.82. The molecule has 1 aliphatic heterocycles. The van der Waals surface area contributed by atoms with Crippen molar-refractivity contribution in [3.05, 3.63) is 95.1 Å². The predicted octanol–water partition coefficient (Wildman–Crippen LogP) is 4.27. The number of ether oxygens (including phenoxy) is 1. The molecular formula is C26H21NO3. The molecular weight excluding hydrogens is 374 g/mol. The molecule has 1 saturated heterocycles. The van der Waals surface area contributed by atoms with Crippen LogP contribution in [0.4, 0.5) is 5.69 Å². The Morgan fingerprint density at radius 3 is 1.93 bits per heavy atom. The van der Waals surface area contributed by atoms with Crippen LogP contribution in [-0.2, 0) is 15.0 Å². The van der Waals surface area contributed by atoms with E-state index in [0.29, 0.717) is 11.4 Å². The maximum atomic E-state index is 13.8. The lowest BCUT2D eigenvalue weighted by Gasteiger charge is -2.52. The van der Waals surface area contributed by atoms with Crippen LogP contribution in [0, 0.1) is 11.8 Å². The number of benzene rings is 3. The fourth-order valence-electron chi connectivity index (χ4n) is 6.14. The van der Waals surface area contributed by atoms with E-state index in [9.17, 15) is 9.59 Å². The standard InChI is InChI=1S/C26H21NO3/c1-26-19-9-5-3-7-17(19)21(18-8-4-6-10-20(18)26)22-23(26)25(29)27(24(22)28)15-11-13-16(30-2)14-12-15/h3-14,21-23H,1-2H3. The maximum Gasteiger partial charge on any atom is 0.238 e. The molecule has 0 radical (unpaired) electrons. The molecule has 1 heterocycles. The Balaban J connectivity index is 1.57. The summed E-state index contributed by atoms with van der Waals surface area (Å²) in [6.07, 6.45) is 0. The molecule has 2 amide bonds. The van der Waals surface area contributed by atoms with E-state index in [1.165, 1.54) is 27.2 Å². The normalized spacial score (nSPS) is 28.2. The minimum absolute atomic E-state index is 0.0936. The van der Waals surface area contributed by atoms with Crippen molar-refractivity contribution in [2.75, 3.05) is 12.0 Å². The largest absolute Gasteiger partial charge is 0.497 e. The van der Waals surface area contributed by atoms with Crippen LogP contribution in [-0.4, -0.2) is 18.9 Å². The molecule has 3 aromatic carbocycles. The summed E-state index contributed by atoms with van der Waals surface area (Å²) in [5.41, 5.74) is 4.78. The van der Waals surface area contributed by atoms with Gasteiger partial charge in [0.25, 0.3) is 0 Å². The van der Waals surface area contributed by atoms with Crippen molar-refractivity contribution in [2.45, 2.75) is 18.3 Å². The highest BCUT2D eigenvalue weighted by Crippen LogP contribution is 2.64. The van der Waals surface area contributed by atoms with E-state index < -0.39 is 11.3 Å². The summed E-state index contributed by atoms with van der Waals surface area (Å²) in [5, 5.41) is 0. The first-order chi connectivity index (χ1) is 14.6. The number of carbonyl (C=O) groups excluding carboxylic acids is 2. The Kier molecular flexibility index (Phi) is 3.39. The Hall–Kier alpha value is -3.40. The van der Waals surface area contributed by atoms with E-state index >= 15 is 0 Å². The summed E-state index contributed by atoms with van der Waals surface area (Å²) < 4.78 is 5.24. The molecule has 2 unspecified atom stereocenters. The molecule has 7 rings (SSSR count). The third kappa shape index (κ3) is 1.91. The van der Waals surface area contributed by atoms with Gasteiger partial charge in [0.05, 0.1) is 24.6 Å². The average Bonchev–Trinajstić information content (AvgIpc) is 3.06. The van der Waals surface area contributed by atoms with Gasteiger partial charge in [0.1, 0.15) is 5.75 Å². The summed E-state index contributed by atoms with van der Waals surface area (Å²) in [5.74, 6) is -0.385. The highest BCUT2D eigenvalue weighted by atomic mass is 16.5. The van der Waals surface area contributed by atoms with Crippen LogP contribution >= 0.6 is 0 Å². The zero-order valence-corrected chi connectivity index (χ0v) is 16.8. The van der Waals surface area contributed by atoms with Gasteiger partial charge in [-0.15, -0.1) is 0 Å². The Bertz CT molecular complexity index is 1170. The van der Waals surface area contributed by atoms with Crippen LogP contribution in [0.3, 0.4) is 0 Å². The number of hydrogen-bond donors (Lipinski definition) is 0. The molecule has 4 nitrogen and oxygen atoms in total. The van der Waals surface area contributed by atoms with Gasteiger partial charge >= 0.3 is 0 Å². The topological polar surface area (TPSA) is 46.6 Å². The van der Waals surface area contributed by atoms with Crippen LogP contribution < -0.4 is 9.64 Å². The van der Waals surface area contributed by atoms with Gasteiger partial charge in [-0.3, -0.25) is 9.59 Å². The van der Waals surface area contributed by atoms with Gasteiger partial charge in [0.2, 0.25) is 11.8 Å². The second-order valence-electron chi connectivity index (χ2n) is 8.57. The summed E-state index contributed by atoms with van der Waals surface area (Å²) >= 11 is 0. The fraction of sp³-hybridized carbons (Fsp3) is 0.231. The van der Waals surface area contributed by atoms with Crippen molar-refractivity contribution in [1.29, 1.82) is 0 Å². The first-order valence-electron chi connectivity index (χ1n) is 10.3. The highest BCUT2D eigenvalue weighted by molar-refractivity contribution is 6.23. The van der Waals surface area contributed by atoms with E-state index in [2.05, 4.69) is 31.2 Å². The van der Waals surface area contributed by atoms with Crippen LogP contribution in [0.1, 0.15) is 35.1 Å². The highest BCUT2D eigenvalue weighted by Gasteiger charge is 2.66. The molecule has 4 aliphatic rings. The molecule has 0 aromatic heterocycles. The number of imide groups is 1. The lowest BCUT2D eigenvalue weighted by Crippen LogP contribution is -2.51. The third-order valence-corrected chi connectivity index (χ3v) is 7.37. The van der Waals surface area contributed by atoms with Gasteiger partial charge in [-0.25, -0.2) is 4.90 Å². The monoisotopic (exact) mass is 395 g/mol. The molecule has 148 valence electrons. The molecule has 30 heavy (non-hydrogen) atoms. The first kappa shape index (κ1) is 17.5. The second-order valence-corrected chi connectivity index (χ2v) is 8.57. The van der Waals surface area contributed by atoms with Crippen LogP contribution in [0.2, 0.25) is 0 Å². The number of carbonyl (C=O) groups is 2. The molecule has 3 aliphatic carbocycles. The lowest BCUT2D eigenvalue weighted by atomic mass is 9.48. The van der Waals surface area contributed by atoms with Crippen molar-refractivity contribution in [3.63, 3.8) is 0 Å². The Morgan fingerprint density at radius 2 is 1.37 bits per heavy atom. The smallest absolute Gasteiger partial charge is 0.238 e. The average molecular weight is 395 g/mol. The van der Waals surface area contributed by atoms with Gasteiger partial charge in [-0.1, -0.05) is 55.5 Å². The van der Waals surface area contributed by atoms with E-state index in [0.717, 1.165) is 0 Å². The molecule has 0 saturated carbocycles. The molecule has 0 spiro atoms. The molecule has 0 N–H and O–H groups in total. The summed E-state index contributed by atoms with van der Waals surface area (Å²) in [4.78, 5) is 28.9. The van der Waals surface area contributed by atoms with Crippen molar-refractivity contribution in [1.82, 2.24) is 0 Å². The van der Waals surface area contributed by atoms with E-state index in [-0.39, 0.29) is 23.7 Å². The number of amides is 2. The van der Waals surface area contributed by atoms with Crippen LogP contribution in [0.5, 0.6) is 5.75 Å². The Labute approximate surface area is 175 Å². The maximum absolute atomic E-state index is 13.8. The fourth-order valence-corrected chi connectivity index (χ4v) is 6.14. The number of rotatable bonds is 2. The van der Waals surface area contributed by atoms with E-state index in [4.69, 9.17) is 4.74 Å². The predicted molar refractivity (Wildman–Crippen MR) is 114 cm³/mol. The van der Waals surface area contributed by atoms with Gasteiger partial charge in [0, 0.05) is 11.3 Å². The summed E-state index contributed by atoms with van der Waals surface area (Å²) in [6, 6.07) is 23.8. The molecule has 4 heteroatoms. The number of hydrogen-bond acceptors (Lipinski definition) is 3. The zero-order chi connectivity index (χ0) is 20.6. The van der Waals surface area contributed by atoms with Crippen molar-refractivity contribution in [2.24, 2.45) is 11.8 Å². The third-order valence-electron chi connectivity index (χ3n) is 7.37. The SMILES string of the molecule is COc1ccc(N2C(=O)C3C4c5ccccc5C(C)(c5ccccc54)C3C2=O)cc1. The minimum Gasteiger partial charge on any atom is -0.497 e. The quantitative estimate of drug-likeness (QED) is 0.609. The Morgan fingerprint density at radius 1 is 0.800 bits per heavy atom. The molecule has 2 atom stereocenters. The first-order valence-corrected chi connectivity index (χ1v) is 10.3. The number of anilines is 1. The van der Waals surface area contributed by atoms with Gasteiger partial charge in [-0.05, 0) is 46.5 Å². The molecule has 3 aromatic rings. The summed E-state index contributed by atoms with van der Waals surface area (Å²) in [7, 11) is 1.60. The van der Waals surface area contributed by atoms with Crippen molar-refractivity contribution < 1.29 is 14.3 Å². The lowest BCUT2D eigenvalue weighted by molar-refractivity contribution is -0.123. The van der Waals surface area contributed by atoms with E-state index in [1.54, 1.807) is 31.4 Å². The minimum atomic E-state index is -0.527. The van der Waals surface area contributed by atoms with Crippen molar-refractivity contribution in [3.8, 4) is 5.75 Å². The molecule has 2 bridgehead atoms. The summed E-state index contributed by atoms with van der Waals surface area (Å²) in [6.45, 7) is 2.14. The van der Waals surface area contributed by atoms with E-state index in [1.807, 2.05) is 24.3 Å². The van der Waals surface area contributed by atoms with Gasteiger partial charge in [-0.2, -0.15) is 0 Å². The van der Waals surface area contributed by atoms with Crippen molar-refractivity contribution >= 4 is 17.5 Å².